The van der Waals surface area contributed by atoms with Gasteiger partial charge in [0.1, 0.15) is 28.2 Å². The summed E-state index contributed by atoms with van der Waals surface area (Å²) in [6.45, 7) is 4.30. The van der Waals surface area contributed by atoms with E-state index in [1.54, 1.807) is 0 Å². The highest BCUT2D eigenvalue weighted by Crippen LogP contribution is 2.35. The maximum Gasteiger partial charge on any atom is 0.238 e. The average molecular weight is 425 g/mol. The average Bonchev–Trinajstić information content (AvgIpc) is 2.65. The lowest BCUT2D eigenvalue weighted by Gasteiger charge is -2.35. The van der Waals surface area contributed by atoms with E-state index in [1.807, 2.05) is 6.92 Å². The molecule has 2 aromatic carbocycles. The van der Waals surface area contributed by atoms with Crippen molar-refractivity contribution in [3.8, 4) is 5.75 Å². The maximum absolute atomic E-state index is 13.7. The normalized spacial score (nSPS) is 14.6. The van der Waals surface area contributed by atoms with Crippen molar-refractivity contribution in [2.24, 2.45) is 5.73 Å². The first kappa shape index (κ1) is 22.6. The smallest absolute Gasteiger partial charge is 0.238 e. The number of carbonyl (C=O) groups excluding carboxylic acids is 1. The number of halogens is 3. The van der Waals surface area contributed by atoms with Crippen LogP contribution in [0.15, 0.2) is 36.4 Å². The summed E-state index contributed by atoms with van der Waals surface area (Å²) in [5.41, 5.74) is 8.15. The minimum absolute atomic E-state index is 0.0250. The zero-order valence-corrected chi connectivity index (χ0v) is 16.9. The van der Waals surface area contributed by atoms with Crippen molar-refractivity contribution in [2.75, 3.05) is 13.2 Å². The zero-order valence-electron chi connectivity index (χ0n) is 16.0. The van der Waals surface area contributed by atoms with Gasteiger partial charge in [-0.1, -0.05) is 19.1 Å². The van der Waals surface area contributed by atoms with E-state index in [-0.39, 0.29) is 16.5 Å². The second kappa shape index (κ2) is 10.2. The zero-order chi connectivity index (χ0) is 21.6. The summed E-state index contributed by atoms with van der Waals surface area (Å²) in [5, 5.41) is 1.23. The molecule has 156 valence electrons. The van der Waals surface area contributed by atoms with Gasteiger partial charge < -0.3 is 10.5 Å². The van der Waals surface area contributed by atoms with Crippen LogP contribution in [0.3, 0.4) is 0 Å². The molecule has 9 heteroatoms. The van der Waals surface area contributed by atoms with E-state index in [2.05, 4.69) is 5.43 Å². The van der Waals surface area contributed by atoms with Crippen molar-refractivity contribution in [1.29, 1.82) is 0 Å². The lowest BCUT2D eigenvalue weighted by Crippen LogP contribution is -2.48. The number of nitrogens with one attached hydrogen (secondary N) is 1. The molecule has 0 aromatic heterocycles. The van der Waals surface area contributed by atoms with Crippen LogP contribution in [-0.2, 0) is 4.79 Å². The molecule has 0 saturated carbocycles. The molecular weight excluding hydrogens is 403 g/mol. The molecule has 1 amide bonds. The predicted octanol–water partition coefficient (Wildman–Crippen LogP) is 3.62. The minimum atomic E-state index is -0.781. The third kappa shape index (κ3) is 5.91. The fraction of sp³-hybridized carbons (Fsp3) is 0.300. The topological polar surface area (TPSA) is 67.6 Å². The Kier molecular flexibility index (Phi) is 7.98. The molecule has 3 rings (SSSR count). The van der Waals surface area contributed by atoms with E-state index >= 15 is 0 Å². The Morgan fingerprint density at radius 3 is 2.41 bits per heavy atom. The lowest BCUT2D eigenvalue weighted by atomic mass is 9.99. The molecule has 29 heavy (non-hydrogen) atoms. The molecule has 2 aromatic rings. The predicted molar refractivity (Wildman–Crippen MR) is 108 cm³/mol. The van der Waals surface area contributed by atoms with Crippen LogP contribution < -0.4 is 15.9 Å². The van der Waals surface area contributed by atoms with E-state index in [9.17, 15) is 18.0 Å². The number of ether oxygens (including phenoxy) is 1. The number of hydrogen-bond acceptors (Lipinski definition) is 4. The second-order valence-corrected chi connectivity index (χ2v) is 6.64. The van der Waals surface area contributed by atoms with Gasteiger partial charge >= 0.3 is 0 Å². The summed E-state index contributed by atoms with van der Waals surface area (Å²) in [5.74, 6) is -1.93. The van der Waals surface area contributed by atoms with Gasteiger partial charge in [0, 0.05) is 30.5 Å². The molecule has 5 nitrogen and oxygen atoms in total. The van der Waals surface area contributed by atoms with Crippen molar-refractivity contribution >= 4 is 23.1 Å². The molecule has 3 N–H and O–H groups in total. The van der Waals surface area contributed by atoms with Gasteiger partial charge in [0.05, 0.1) is 12.6 Å². The highest BCUT2D eigenvalue weighted by atomic mass is 32.1. The number of nitrogens with zero attached hydrogens (tertiary/aromatic N) is 1. The Labute approximate surface area is 172 Å². The van der Waals surface area contributed by atoms with Gasteiger partial charge in [0.15, 0.2) is 0 Å². The van der Waals surface area contributed by atoms with Crippen LogP contribution in [0.2, 0.25) is 0 Å². The van der Waals surface area contributed by atoms with E-state index < -0.39 is 23.5 Å². The summed E-state index contributed by atoms with van der Waals surface area (Å²) in [4.78, 5) is 12.1. The third-order valence-corrected chi connectivity index (χ3v) is 4.30. The number of carbonyl (C=O) groups is 1. The molecule has 0 aliphatic carbocycles. The van der Waals surface area contributed by atoms with Gasteiger partial charge in [0.25, 0.3) is 0 Å². The Morgan fingerprint density at radius 1 is 1.21 bits per heavy atom. The number of hydrazine groups is 1. The number of fused-ring (bicyclic) bond motifs is 1. The van der Waals surface area contributed by atoms with Crippen molar-refractivity contribution in [2.45, 2.75) is 26.3 Å². The number of amides is 1. The van der Waals surface area contributed by atoms with Crippen LogP contribution >= 0.6 is 12.2 Å². The highest BCUT2D eigenvalue weighted by Gasteiger charge is 2.30. The molecule has 1 aliphatic rings. The lowest BCUT2D eigenvalue weighted by molar-refractivity contribution is -0.134. The van der Waals surface area contributed by atoms with E-state index in [0.29, 0.717) is 24.3 Å². The van der Waals surface area contributed by atoms with Crippen LogP contribution in [0, 0.1) is 17.5 Å². The first-order valence-corrected chi connectivity index (χ1v) is 9.36. The first-order chi connectivity index (χ1) is 13.8. The Morgan fingerprint density at radius 2 is 1.83 bits per heavy atom. The SMILES string of the molecule is CC(=O)N(NC(=S)c1cc(F)cc(F)c1)C1CCOc2ccc(F)cc21.CCN. The molecule has 1 atom stereocenters. The third-order valence-electron chi connectivity index (χ3n) is 3.98. The molecule has 0 radical (unpaired) electrons. The summed E-state index contributed by atoms with van der Waals surface area (Å²) >= 11 is 5.19. The highest BCUT2D eigenvalue weighted by molar-refractivity contribution is 7.80. The first-order valence-electron chi connectivity index (χ1n) is 8.96. The largest absolute Gasteiger partial charge is 0.493 e. The van der Waals surface area contributed by atoms with Gasteiger partial charge in [-0.05, 0) is 36.9 Å². The number of benzene rings is 2. The van der Waals surface area contributed by atoms with Crippen LogP contribution in [-0.4, -0.2) is 29.1 Å². The van der Waals surface area contributed by atoms with Crippen LogP contribution in [0.5, 0.6) is 5.75 Å². The van der Waals surface area contributed by atoms with Gasteiger partial charge in [-0.2, -0.15) is 0 Å². The monoisotopic (exact) mass is 425 g/mol. The fourth-order valence-corrected chi connectivity index (χ4v) is 3.07. The number of nitrogens with two attached hydrogens (primary N) is 1. The summed E-state index contributed by atoms with van der Waals surface area (Å²) in [7, 11) is 0. The van der Waals surface area contributed by atoms with Gasteiger partial charge in [-0.3, -0.25) is 10.2 Å². The number of thiocarbonyl (C=S) groups is 1. The molecule has 0 saturated heterocycles. The molecule has 0 bridgehead atoms. The summed E-state index contributed by atoms with van der Waals surface area (Å²) in [6, 6.07) is 6.38. The molecule has 0 fully saturated rings. The van der Waals surface area contributed by atoms with Crippen molar-refractivity contribution in [1.82, 2.24) is 10.4 Å². The van der Waals surface area contributed by atoms with Gasteiger partial charge in [-0.15, -0.1) is 0 Å². The standard InChI is InChI=1S/C18H15F3N2O2S.C2H7N/c1-10(24)23(22-18(26)11-6-13(20)8-14(21)7-11)16-4-5-25-17-3-2-12(19)9-15(16)17;1-2-3/h2-3,6-9,16H,4-5H2,1H3,(H,22,26);2-3H2,1H3. The molecule has 1 unspecified atom stereocenters. The van der Waals surface area contributed by atoms with Crippen molar-refractivity contribution < 1.29 is 22.7 Å². The Bertz CT molecular complexity index is 875. The number of rotatable bonds is 2. The van der Waals surface area contributed by atoms with Crippen LogP contribution in [0.4, 0.5) is 13.2 Å². The van der Waals surface area contributed by atoms with Crippen LogP contribution in [0.25, 0.3) is 0 Å². The summed E-state index contributed by atoms with van der Waals surface area (Å²) < 4.78 is 46.0. The van der Waals surface area contributed by atoms with Crippen LogP contribution in [0.1, 0.15) is 37.4 Å². The van der Waals surface area contributed by atoms with Gasteiger partial charge in [0.2, 0.25) is 5.91 Å². The fourth-order valence-electron chi connectivity index (χ4n) is 2.85. The quantitative estimate of drug-likeness (QED) is 0.568. The molecule has 0 spiro atoms. The number of hydrogen-bond donors (Lipinski definition) is 2. The Hall–Kier alpha value is -2.65. The Balaban J connectivity index is 0.000000941. The van der Waals surface area contributed by atoms with E-state index in [1.165, 1.54) is 30.1 Å². The van der Waals surface area contributed by atoms with E-state index in [4.69, 9.17) is 22.7 Å². The van der Waals surface area contributed by atoms with Crippen molar-refractivity contribution in [3.05, 3.63) is 65.0 Å². The molecule has 1 aliphatic heterocycles. The van der Waals surface area contributed by atoms with E-state index in [0.717, 1.165) is 24.7 Å². The molecular formula is C20H22F3N3O2S. The summed E-state index contributed by atoms with van der Waals surface area (Å²) in [6.07, 6.45) is 0.406. The minimum Gasteiger partial charge on any atom is -0.493 e. The second-order valence-electron chi connectivity index (χ2n) is 6.23. The maximum atomic E-state index is 13.7. The van der Waals surface area contributed by atoms with Gasteiger partial charge in [-0.25, -0.2) is 18.2 Å². The molecule has 1 heterocycles. The van der Waals surface area contributed by atoms with Crippen molar-refractivity contribution in [3.63, 3.8) is 0 Å².